The van der Waals surface area contributed by atoms with Crippen molar-refractivity contribution in [2.24, 2.45) is 39.9 Å². The normalized spacial score (nSPS) is 49.7. The first-order chi connectivity index (χ1) is 13.6. The summed E-state index contributed by atoms with van der Waals surface area (Å²) in [6.07, 6.45) is 0.735. The quantitative estimate of drug-likeness (QED) is 0.487. The molecule has 0 aromatic carbocycles. The molecular weight excluding hydrogens is 376 g/mol. The summed E-state index contributed by atoms with van der Waals surface area (Å²) in [7, 11) is 0. The average Bonchev–Trinajstić information content (AvgIpc) is 3.09. The van der Waals surface area contributed by atoms with E-state index < -0.39 is 41.1 Å². The third-order valence-corrected chi connectivity index (χ3v) is 8.70. The van der Waals surface area contributed by atoms with Gasteiger partial charge in [-0.25, -0.2) is 0 Å². The van der Waals surface area contributed by atoms with Crippen LogP contribution in [0.4, 0.5) is 0 Å². The van der Waals surface area contributed by atoms with Crippen LogP contribution in [0.5, 0.6) is 0 Å². The van der Waals surface area contributed by atoms with Crippen molar-refractivity contribution >= 4 is 23.5 Å². The van der Waals surface area contributed by atoms with Crippen LogP contribution in [0.1, 0.15) is 53.4 Å². The van der Waals surface area contributed by atoms with Crippen molar-refractivity contribution in [3.05, 3.63) is 0 Å². The Morgan fingerprint density at radius 1 is 1.21 bits per heavy atom. The minimum Gasteiger partial charge on any atom is -0.461 e. The van der Waals surface area contributed by atoms with Gasteiger partial charge in [0, 0.05) is 25.2 Å². The lowest BCUT2D eigenvalue weighted by atomic mass is 9.44. The Morgan fingerprint density at radius 3 is 2.62 bits per heavy atom. The van der Waals surface area contributed by atoms with Crippen LogP contribution in [-0.2, 0) is 33.4 Å². The van der Waals surface area contributed by atoms with E-state index in [9.17, 15) is 19.2 Å². The molecule has 29 heavy (non-hydrogen) atoms. The van der Waals surface area contributed by atoms with Gasteiger partial charge in [-0.3, -0.25) is 19.2 Å². The summed E-state index contributed by atoms with van der Waals surface area (Å²) in [4.78, 5) is 51.9. The Hall–Kier alpha value is -1.76. The maximum Gasteiger partial charge on any atom is 0.320 e. The van der Waals surface area contributed by atoms with Gasteiger partial charge in [0.2, 0.25) is 6.29 Å². The van der Waals surface area contributed by atoms with Crippen LogP contribution in [0, 0.1) is 39.9 Å². The number of hydrogen-bond donors (Lipinski definition) is 0. The number of carbonyl (C=O) groups excluding carboxylic acids is 4. The highest BCUT2D eigenvalue weighted by Crippen LogP contribution is 2.70. The monoisotopic (exact) mass is 404 g/mol. The molecule has 158 valence electrons. The molecule has 3 aliphatic carbocycles. The van der Waals surface area contributed by atoms with Crippen molar-refractivity contribution in [1.82, 2.24) is 0 Å². The minimum absolute atomic E-state index is 0.0321. The van der Waals surface area contributed by atoms with Crippen molar-refractivity contribution in [2.75, 3.05) is 6.61 Å². The lowest BCUT2D eigenvalue weighted by molar-refractivity contribution is -0.235. The molecular formula is C22H28O7. The number of ether oxygens (including phenoxy) is 3. The second-order valence-electron chi connectivity index (χ2n) is 10.5. The first kappa shape index (κ1) is 19.2. The zero-order valence-electron chi connectivity index (χ0n) is 17.4. The molecule has 5 rings (SSSR count). The molecule has 0 radical (unpaired) electrons. The number of hydrogen-bond acceptors (Lipinski definition) is 7. The third kappa shape index (κ3) is 2.12. The highest BCUT2D eigenvalue weighted by Gasteiger charge is 2.80. The fraction of sp³-hybridized carbons (Fsp3) is 0.818. The summed E-state index contributed by atoms with van der Waals surface area (Å²) in [6, 6.07) is 0. The van der Waals surface area contributed by atoms with Gasteiger partial charge in [-0.2, -0.15) is 0 Å². The Kier molecular flexibility index (Phi) is 3.77. The van der Waals surface area contributed by atoms with Crippen LogP contribution >= 0.6 is 0 Å². The van der Waals surface area contributed by atoms with Gasteiger partial charge in [0.15, 0.2) is 5.78 Å². The number of rotatable bonds is 1. The number of esters is 2. The molecule has 0 aromatic rings. The molecule has 8 atom stereocenters. The fourth-order valence-corrected chi connectivity index (χ4v) is 7.63. The molecule has 0 amide bonds. The van der Waals surface area contributed by atoms with Crippen molar-refractivity contribution in [1.29, 1.82) is 0 Å². The fourth-order valence-electron chi connectivity index (χ4n) is 7.63. The Bertz CT molecular complexity index is 831. The molecule has 3 saturated carbocycles. The van der Waals surface area contributed by atoms with E-state index in [2.05, 4.69) is 13.8 Å². The van der Waals surface area contributed by atoms with E-state index in [4.69, 9.17) is 14.2 Å². The summed E-state index contributed by atoms with van der Waals surface area (Å²) < 4.78 is 17.5. The molecule has 2 spiro atoms. The zero-order chi connectivity index (χ0) is 20.9. The first-order valence-corrected chi connectivity index (χ1v) is 10.6. The Labute approximate surface area is 169 Å². The zero-order valence-corrected chi connectivity index (χ0v) is 17.4. The number of Topliss-reactive ketones (excluding diaryl/α,β-unsaturated/α-hetero) is 2. The van der Waals surface area contributed by atoms with Crippen LogP contribution in [0.25, 0.3) is 0 Å². The SMILES string of the molecule is CC(=O)O[C@@H]1OCC23[C@H](CCC(C)(C)[C@@H]12)OC(=O)[C@@]12CC(CC(=O)[C@@H]31)C(C)C2=O. The van der Waals surface area contributed by atoms with Gasteiger partial charge in [-0.15, -0.1) is 0 Å². The Balaban J connectivity index is 1.71. The number of ketones is 2. The van der Waals surface area contributed by atoms with Gasteiger partial charge in [0.1, 0.15) is 17.3 Å². The van der Waals surface area contributed by atoms with Crippen molar-refractivity contribution < 1.29 is 33.4 Å². The van der Waals surface area contributed by atoms with Crippen molar-refractivity contribution in [3.8, 4) is 0 Å². The topological polar surface area (TPSA) is 96.0 Å². The van der Waals surface area contributed by atoms with Crippen LogP contribution < -0.4 is 0 Å². The lowest BCUT2D eigenvalue weighted by Crippen LogP contribution is -2.70. The molecule has 3 unspecified atom stereocenters. The lowest BCUT2D eigenvalue weighted by Gasteiger charge is -2.60. The van der Waals surface area contributed by atoms with E-state index in [-0.39, 0.29) is 41.3 Å². The maximum absolute atomic E-state index is 13.5. The first-order valence-electron chi connectivity index (χ1n) is 10.6. The smallest absolute Gasteiger partial charge is 0.320 e. The number of fused-ring (bicyclic) bond motifs is 1. The van der Waals surface area contributed by atoms with Crippen LogP contribution in [0.2, 0.25) is 0 Å². The van der Waals surface area contributed by atoms with E-state index in [0.29, 0.717) is 19.3 Å². The molecule has 5 aliphatic rings. The van der Waals surface area contributed by atoms with Crippen LogP contribution in [0.15, 0.2) is 0 Å². The standard InChI is InChI=1S/C22H28O7/c1-10-12-7-13(24)15-21(8-12,17(10)25)19(26)29-14-5-6-20(3,4)16-18(28-11(2)23)27-9-22(14,15)16/h10,12,14-16,18H,5-9H2,1-4H3/t10?,12?,14-,15+,16+,18-,21-,22?/m0/s1. The van der Waals surface area contributed by atoms with Crippen LogP contribution in [0.3, 0.4) is 0 Å². The van der Waals surface area contributed by atoms with Crippen molar-refractivity contribution in [2.45, 2.75) is 65.8 Å². The second-order valence-corrected chi connectivity index (χ2v) is 10.5. The summed E-state index contributed by atoms with van der Waals surface area (Å²) in [6.45, 7) is 7.48. The average molecular weight is 404 g/mol. The van der Waals surface area contributed by atoms with Gasteiger partial charge in [0.25, 0.3) is 0 Å². The molecule has 0 N–H and O–H groups in total. The molecule has 2 heterocycles. The van der Waals surface area contributed by atoms with Gasteiger partial charge in [-0.1, -0.05) is 20.8 Å². The highest BCUT2D eigenvalue weighted by atomic mass is 16.7. The van der Waals surface area contributed by atoms with Gasteiger partial charge in [-0.05, 0) is 30.6 Å². The highest BCUT2D eigenvalue weighted by molar-refractivity contribution is 6.13. The van der Waals surface area contributed by atoms with E-state index in [1.54, 1.807) is 0 Å². The summed E-state index contributed by atoms with van der Waals surface area (Å²) in [5.41, 5.74) is -2.55. The molecule has 5 fully saturated rings. The Morgan fingerprint density at radius 2 is 1.93 bits per heavy atom. The molecule has 7 nitrogen and oxygen atoms in total. The van der Waals surface area contributed by atoms with E-state index in [0.717, 1.165) is 6.42 Å². The summed E-state index contributed by atoms with van der Waals surface area (Å²) >= 11 is 0. The molecule has 2 aliphatic heterocycles. The molecule has 2 bridgehead atoms. The van der Waals surface area contributed by atoms with Gasteiger partial charge >= 0.3 is 11.9 Å². The van der Waals surface area contributed by atoms with E-state index in [1.807, 2.05) is 6.92 Å². The van der Waals surface area contributed by atoms with Crippen LogP contribution in [-0.4, -0.2) is 42.5 Å². The summed E-state index contributed by atoms with van der Waals surface area (Å²) in [5, 5.41) is 0. The van der Waals surface area contributed by atoms with E-state index in [1.165, 1.54) is 6.92 Å². The molecule has 2 saturated heterocycles. The largest absolute Gasteiger partial charge is 0.461 e. The minimum atomic E-state index is -1.41. The molecule has 0 aromatic heterocycles. The molecule has 7 heteroatoms. The summed E-state index contributed by atoms with van der Waals surface area (Å²) in [5.74, 6) is -2.69. The van der Waals surface area contributed by atoms with Crippen molar-refractivity contribution in [3.63, 3.8) is 0 Å². The third-order valence-electron chi connectivity index (χ3n) is 8.70. The number of carbonyl (C=O) groups is 4. The van der Waals surface area contributed by atoms with Gasteiger partial charge in [0.05, 0.1) is 17.9 Å². The maximum atomic E-state index is 13.5. The predicted octanol–water partition coefficient (Wildman–Crippen LogP) is 2.05. The second kappa shape index (κ2) is 5.68. The van der Waals surface area contributed by atoms with E-state index >= 15 is 0 Å². The predicted molar refractivity (Wildman–Crippen MR) is 98.1 cm³/mol. The van der Waals surface area contributed by atoms with Gasteiger partial charge < -0.3 is 14.2 Å².